The van der Waals surface area contributed by atoms with Crippen LogP contribution >= 0.6 is 0 Å². The number of nitrogens with one attached hydrogen (secondary N) is 1. The van der Waals surface area contributed by atoms with Crippen LogP contribution in [0.1, 0.15) is 12.8 Å². The van der Waals surface area contributed by atoms with Crippen LogP contribution in [0.4, 0.5) is 5.82 Å². The fraction of sp³-hybridized carbons (Fsp3) is 0.462. The molecule has 5 nitrogen and oxygen atoms in total. The summed E-state index contributed by atoms with van der Waals surface area (Å²) in [7, 11) is 0. The topological polar surface area (TPSA) is 59.9 Å². The van der Waals surface area contributed by atoms with Crippen LogP contribution in [0.5, 0.6) is 0 Å². The molecule has 94 valence electrons. The summed E-state index contributed by atoms with van der Waals surface area (Å²) in [5.74, 6) is 1.56. The minimum absolute atomic E-state index is 0.687. The number of nitrogens with zero attached hydrogens (tertiary/aromatic N) is 3. The molecule has 1 N–H and O–H groups in total. The highest BCUT2D eigenvalue weighted by Gasteiger charge is 2.14. The molecule has 0 amide bonds. The molecule has 1 saturated heterocycles. The molecule has 0 aromatic carbocycles. The van der Waals surface area contributed by atoms with Crippen molar-refractivity contribution >= 4 is 17.0 Å². The van der Waals surface area contributed by atoms with E-state index in [9.17, 15) is 0 Å². The largest absolute Gasteiger partial charge is 0.381 e. The summed E-state index contributed by atoms with van der Waals surface area (Å²) < 4.78 is 5.36. The number of fused-ring (bicyclic) bond motifs is 1. The van der Waals surface area contributed by atoms with E-state index in [1.165, 1.54) is 6.42 Å². The molecule has 18 heavy (non-hydrogen) atoms. The molecule has 1 aliphatic rings. The van der Waals surface area contributed by atoms with Crippen LogP contribution in [-0.2, 0) is 4.74 Å². The Morgan fingerprint density at radius 3 is 3.11 bits per heavy atom. The Morgan fingerprint density at radius 1 is 1.28 bits per heavy atom. The highest BCUT2D eigenvalue weighted by Crippen LogP contribution is 2.16. The van der Waals surface area contributed by atoms with Crippen LogP contribution < -0.4 is 5.32 Å². The average Bonchev–Trinajstić information content (AvgIpc) is 2.92. The van der Waals surface area contributed by atoms with E-state index in [0.29, 0.717) is 11.6 Å². The summed E-state index contributed by atoms with van der Waals surface area (Å²) in [6.45, 7) is 2.74. The Labute approximate surface area is 106 Å². The third kappa shape index (κ3) is 2.56. The van der Waals surface area contributed by atoms with Crippen molar-refractivity contribution in [1.82, 2.24) is 15.0 Å². The van der Waals surface area contributed by atoms with E-state index >= 15 is 0 Å². The van der Waals surface area contributed by atoms with Crippen molar-refractivity contribution in [3.05, 3.63) is 24.5 Å². The van der Waals surface area contributed by atoms with Gasteiger partial charge in [-0.15, -0.1) is 0 Å². The molecule has 0 radical (unpaired) electrons. The maximum Gasteiger partial charge on any atom is 0.180 e. The van der Waals surface area contributed by atoms with Gasteiger partial charge in [-0.05, 0) is 30.9 Å². The smallest absolute Gasteiger partial charge is 0.180 e. The number of anilines is 1. The lowest BCUT2D eigenvalue weighted by molar-refractivity contribution is 0.185. The third-order valence-electron chi connectivity index (χ3n) is 3.21. The third-order valence-corrected chi connectivity index (χ3v) is 3.21. The summed E-state index contributed by atoms with van der Waals surface area (Å²) in [6.07, 6.45) is 5.64. The van der Waals surface area contributed by atoms with Crippen molar-refractivity contribution < 1.29 is 4.74 Å². The van der Waals surface area contributed by atoms with Gasteiger partial charge in [-0.25, -0.2) is 9.97 Å². The number of ether oxygens (including phenoxy) is 1. The Morgan fingerprint density at radius 2 is 2.22 bits per heavy atom. The van der Waals surface area contributed by atoms with E-state index in [1.54, 1.807) is 12.4 Å². The average molecular weight is 244 g/mol. The van der Waals surface area contributed by atoms with Crippen molar-refractivity contribution in [2.75, 3.05) is 25.1 Å². The lowest BCUT2D eigenvalue weighted by Gasteiger charge is -2.09. The summed E-state index contributed by atoms with van der Waals surface area (Å²) in [5, 5.41) is 3.33. The summed E-state index contributed by atoms with van der Waals surface area (Å²) in [4.78, 5) is 12.8. The van der Waals surface area contributed by atoms with Crippen molar-refractivity contribution in [2.45, 2.75) is 12.8 Å². The monoisotopic (exact) mass is 244 g/mol. The molecule has 1 fully saturated rings. The molecule has 3 heterocycles. The Kier molecular flexibility index (Phi) is 3.32. The predicted molar refractivity (Wildman–Crippen MR) is 69.4 cm³/mol. The van der Waals surface area contributed by atoms with Crippen LogP contribution in [0.15, 0.2) is 24.5 Å². The van der Waals surface area contributed by atoms with Gasteiger partial charge in [0.05, 0.1) is 0 Å². The zero-order chi connectivity index (χ0) is 12.2. The van der Waals surface area contributed by atoms with Crippen LogP contribution in [0.25, 0.3) is 11.2 Å². The van der Waals surface area contributed by atoms with E-state index < -0.39 is 0 Å². The molecule has 2 aromatic heterocycles. The molecular weight excluding hydrogens is 228 g/mol. The van der Waals surface area contributed by atoms with Crippen molar-refractivity contribution in [3.63, 3.8) is 0 Å². The fourth-order valence-electron chi connectivity index (χ4n) is 2.17. The second kappa shape index (κ2) is 5.27. The first kappa shape index (κ1) is 11.3. The SMILES string of the molecule is c1cnc2nc(NCCC3CCOC3)ccc2n1. The van der Waals surface area contributed by atoms with Gasteiger partial charge < -0.3 is 10.1 Å². The number of hydrogen-bond acceptors (Lipinski definition) is 5. The first-order valence-electron chi connectivity index (χ1n) is 6.31. The van der Waals surface area contributed by atoms with Crippen LogP contribution in [-0.4, -0.2) is 34.7 Å². The highest BCUT2D eigenvalue weighted by molar-refractivity contribution is 5.71. The quantitative estimate of drug-likeness (QED) is 0.889. The van der Waals surface area contributed by atoms with Crippen molar-refractivity contribution in [3.8, 4) is 0 Å². The molecule has 2 aromatic rings. The second-order valence-corrected chi connectivity index (χ2v) is 4.54. The van der Waals surface area contributed by atoms with Gasteiger partial charge in [-0.2, -0.15) is 0 Å². The molecule has 5 heteroatoms. The molecule has 0 spiro atoms. The van der Waals surface area contributed by atoms with Crippen molar-refractivity contribution in [2.24, 2.45) is 5.92 Å². The van der Waals surface area contributed by atoms with E-state index in [1.807, 2.05) is 12.1 Å². The molecule has 0 saturated carbocycles. The first-order valence-corrected chi connectivity index (χ1v) is 6.31. The zero-order valence-corrected chi connectivity index (χ0v) is 10.2. The van der Waals surface area contributed by atoms with Gasteiger partial charge >= 0.3 is 0 Å². The first-order chi connectivity index (χ1) is 8.92. The number of rotatable bonds is 4. The Bertz CT molecular complexity index is 525. The zero-order valence-electron chi connectivity index (χ0n) is 10.2. The lowest BCUT2D eigenvalue weighted by Crippen LogP contribution is -2.10. The van der Waals surface area contributed by atoms with Gasteiger partial charge in [0.2, 0.25) is 0 Å². The van der Waals surface area contributed by atoms with E-state index in [0.717, 1.165) is 37.5 Å². The number of hydrogen-bond donors (Lipinski definition) is 1. The highest BCUT2D eigenvalue weighted by atomic mass is 16.5. The van der Waals surface area contributed by atoms with Gasteiger partial charge in [0.25, 0.3) is 0 Å². The van der Waals surface area contributed by atoms with Gasteiger partial charge in [-0.1, -0.05) is 0 Å². The normalized spacial score (nSPS) is 19.2. The Hall–Kier alpha value is -1.75. The predicted octanol–water partition coefficient (Wildman–Crippen LogP) is 1.86. The van der Waals surface area contributed by atoms with Crippen LogP contribution in [0.2, 0.25) is 0 Å². The van der Waals surface area contributed by atoms with Gasteiger partial charge in [-0.3, -0.25) is 4.98 Å². The van der Waals surface area contributed by atoms with E-state index in [2.05, 4.69) is 20.3 Å². The van der Waals surface area contributed by atoms with Gasteiger partial charge in [0.15, 0.2) is 5.65 Å². The van der Waals surface area contributed by atoms with E-state index in [4.69, 9.17) is 4.74 Å². The molecule has 0 bridgehead atoms. The van der Waals surface area contributed by atoms with Gasteiger partial charge in [0.1, 0.15) is 11.3 Å². The maximum atomic E-state index is 5.36. The minimum atomic E-state index is 0.687. The summed E-state index contributed by atoms with van der Waals surface area (Å²) in [6, 6.07) is 3.89. The summed E-state index contributed by atoms with van der Waals surface area (Å²) >= 11 is 0. The molecular formula is C13H16N4O. The molecule has 1 unspecified atom stereocenters. The number of aromatic nitrogens is 3. The standard InChI is InChI=1S/C13H16N4O/c1-2-12(15-5-3-10-4-8-18-9-10)17-13-11(1)14-6-7-16-13/h1-2,6-7,10H,3-5,8-9H2,(H,15,16,17). The fourth-order valence-corrected chi connectivity index (χ4v) is 2.17. The van der Waals surface area contributed by atoms with Crippen molar-refractivity contribution in [1.29, 1.82) is 0 Å². The molecule has 0 aliphatic carbocycles. The van der Waals surface area contributed by atoms with Crippen LogP contribution in [0.3, 0.4) is 0 Å². The lowest BCUT2D eigenvalue weighted by atomic mass is 10.1. The van der Waals surface area contributed by atoms with Gasteiger partial charge in [0, 0.05) is 32.2 Å². The van der Waals surface area contributed by atoms with E-state index in [-0.39, 0.29) is 0 Å². The molecule has 1 aliphatic heterocycles. The Balaban J connectivity index is 1.60. The maximum absolute atomic E-state index is 5.36. The minimum Gasteiger partial charge on any atom is -0.381 e. The molecule has 3 rings (SSSR count). The summed E-state index contributed by atoms with van der Waals surface area (Å²) in [5.41, 5.74) is 1.51. The second-order valence-electron chi connectivity index (χ2n) is 4.54. The van der Waals surface area contributed by atoms with Crippen LogP contribution in [0, 0.1) is 5.92 Å². The number of pyridine rings is 1. The molecule has 1 atom stereocenters.